The second kappa shape index (κ2) is 10.9. The van der Waals surface area contributed by atoms with Gasteiger partial charge in [-0.1, -0.05) is 45.0 Å². The summed E-state index contributed by atoms with van der Waals surface area (Å²) in [5, 5.41) is 12.1. The van der Waals surface area contributed by atoms with Gasteiger partial charge in [0.05, 0.1) is 11.7 Å². The topological polar surface area (TPSA) is 93.2 Å². The molecule has 8 heteroatoms. The molecule has 0 aliphatic rings. The van der Waals surface area contributed by atoms with Crippen molar-refractivity contribution in [1.82, 2.24) is 14.9 Å². The number of amides is 1. The molecule has 3 aromatic rings. The van der Waals surface area contributed by atoms with Crippen molar-refractivity contribution < 1.29 is 18.7 Å². The number of nitrogens with two attached hydrogens (primary N) is 1. The van der Waals surface area contributed by atoms with Crippen molar-refractivity contribution in [2.75, 3.05) is 13.2 Å². The van der Waals surface area contributed by atoms with Crippen LogP contribution in [-0.4, -0.2) is 33.7 Å². The highest BCUT2D eigenvalue weighted by molar-refractivity contribution is 5.77. The third-order valence-corrected chi connectivity index (χ3v) is 5.60. The number of hydrogen-bond acceptors (Lipinski definition) is 4. The van der Waals surface area contributed by atoms with E-state index in [2.05, 4.69) is 16.4 Å². The van der Waals surface area contributed by atoms with Crippen LogP contribution in [0.2, 0.25) is 0 Å². The molecule has 0 bridgehead atoms. The highest BCUT2D eigenvalue weighted by Crippen LogP contribution is 2.35. The Balaban J connectivity index is 2.10. The second-order valence-electron chi connectivity index (χ2n) is 9.47. The zero-order valence-electron chi connectivity index (χ0n) is 19.8. The molecule has 3 rings (SSSR count). The van der Waals surface area contributed by atoms with Crippen molar-refractivity contribution in [1.29, 1.82) is 0 Å². The van der Waals surface area contributed by atoms with Crippen molar-refractivity contribution in [2.45, 2.75) is 46.2 Å². The molecule has 0 aliphatic carbocycles. The van der Waals surface area contributed by atoms with Crippen LogP contribution in [0, 0.1) is 17.0 Å². The fourth-order valence-corrected chi connectivity index (χ4v) is 3.87. The summed E-state index contributed by atoms with van der Waals surface area (Å²) in [6, 6.07) is 10.7. The van der Waals surface area contributed by atoms with Crippen molar-refractivity contribution in [3.8, 4) is 11.3 Å². The van der Waals surface area contributed by atoms with Crippen LogP contribution in [0.4, 0.5) is 8.78 Å². The number of imidazole rings is 1. The minimum Gasteiger partial charge on any atom is -0.387 e. The predicted molar refractivity (Wildman–Crippen MR) is 128 cm³/mol. The minimum absolute atomic E-state index is 0.0397. The third-order valence-electron chi connectivity index (χ3n) is 5.60. The molecule has 34 heavy (non-hydrogen) atoms. The van der Waals surface area contributed by atoms with E-state index in [9.17, 15) is 18.7 Å². The van der Waals surface area contributed by atoms with E-state index in [4.69, 9.17) is 5.73 Å². The first-order chi connectivity index (χ1) is 16.1. The van der Waals surface area contributed by atoms with Crippen LogP contribution >= 0.6 is 0 Å². The molecule has 0 fully saturated rings. The first-order valence-electron chi connectivity index (χ1n) is 11.3. The van der Waals surface area contributed by atoms with Crippen LogP contribution in [0.3, 0.4) is 0 Å². The molecule has 1 amide bonds. The number of rotatable bonds is 9. The van der Waals surface area contributed by atoms with Crippen LogP contribution in [0.25, 0.3) is 11.3 Å². The summed E-state index contributed by atoms with van der Waals surface area (Å²) in [6.45, 7) is 6.16. The van der Waals surface area contributed by atoms with Gasteiger partial charge in [0.25, 0.3) is 0 Å². The molecular formula is C26H32F2N4O2. The lowest BCUT2D eigenvalue weighted by atomic mass is 9.86. The third kappa shape index (κ3) is 6.27. The first-order valence-corrected chi connectivity index (χ1v) is 11.3. The van der Waals surface area contributed by atoms with E-state index < -0.39 is 35.6 Å². The Morgan fingerprint density at radius 1 is 1.18 bits per heavy atom. The molecule has 6 nitrogen and oxygen atoms in total. The Bertz CT molecular complexity index is 1140. The molecule has 2 aromatic carbocycles. The average molecular weight is 471 g/mol. The van der Waals surface area contributed by atoms with Crippen LogP contribution in [0.1, 0.15) is 50.2 Å². The van der Waals surface area contributed by atoms with Gasteiger partial charge in [0.1, 0.15) is 24.1 Å². The van der Waals surface area contributed by atoms with Crippen molar-refractivity contribution >= 4 is 5.91 Å². The molecule has 0 saturated carbocycles. The lowest BCUT2D eigenvalue weighted by Crippen LogP contribution is -2.39. The maximum atomic E-state index is 14.6. The van der Waals surface area contributed by atoms with Gasteiger partial charge in [-0.15, -0.1) is 0 Å². The zero-order valence-corrected chi connectivity index (χ0v) is 19.8. The van der Waals surface area contributed by atoms with E-state index in [1.807, 2.05) is 43.5 Å². The van der Waals surface area contributed by atoms with E-state index in [0.29, 0.717) is 18.9 Å². The van der Waals surface area contributed by atoms with Gasteiger partial charge in [-0.2, -0.15) is 0 Å². The molecule has 0 aliphatic heterocycles. The van der Waals surface area contributed by atoms with Crippen LogP contribution in [0.15, 0.2) is 48.7 Å². The van der Waals surface area contributed by atoms with Gasteiger partial charge < -0.3 is 20.7 Å². The molecule has 4 N–H and O–H groups in total. The Kier molecular flexibility index (Phi) is 8.17. The Morgan fingerprint density at radius 2 is 1.91 bits per heavy atom. The molecule has 0 saturated heterocycles. The number of benzene rings is 2. The lowest BCUT2D eigenvalue weighted by molar-refractivity contribution is -0.125. The number of aromatic nitrogens is 2. The second-order valence-corrected chi connectivity index (χ2v) is 9.47. The van der Waals surface area contributed by atoms with Gasteiger partial charge in [0.15, 0.2) is 0 Å². The summed E-state index contributed by atoms with van der Waals surface area (Å²) in [4.78, 5) is 16.8. The average Bonchev–Trinajstić information content (AvgIpc) is 3.19. The van der Waals surface area contributed by atoms with Gasteiger partial charge in [-0.3, -0.25) is 4.79 Å². The molecular weight excluding hydrogens is 438 g/mol. The van der Waals surface area contributed by atoms with Crippen molar-refractivity contribution in [3.63, 3.8) is 0 Å². The molecule has 1 aromatic heterocycles. The van der Waals surface area contributed by atoms with Crippen LogP contribution < -0.4 is 11.1 Å². The summed E-state index contributed by atoms with van der Waals surface area (Å²) in [5.74, 6) is -1.22. The summed E-state index contributed by atoms with van der Waals surface area (Å²) in [7, 11) is 0. The number of aliphatic hydroxyl groups is 1. The maximum Gasteiger partial charge on any atom is 0.246 e. The van der Waals surface area contributed by atoms with E-state index in [-0.39, 0.29) is 11.3 Å². The van der Waals surface area contributed by atoms with E-state index in [1.165, 1.54) is 0 Å². The van der Waals surface area contributed by atoms with Crippen molar-refractivity contribution in [3.05, 3.63) is 77.2 Å². The number of halogens is 2. The molecule has 0 spiro atoms. The fourth-order valence-electron chi connectivity index (χ4n) is 3.87. The lowest BCUT2D eigenvalue weighted by Gasteiger charge is -2.31. The van der Waals surface area contributed by atoms with Gasteiger partial charge in [0.2, 0.25) is 5.91 Å². The summed E-state index contributed by atoms with van der Waals surface area (Å²) in [5.41, 5.74) is 7.62. The summed E-state index contributed by atoms with van der Waals surface area (Å²) in [6.07, 6.45) is 3.41. The fraction of sp³-hybridized carbons (Fsp3) is 0.385. The minimum atomic E-state index is -0.665. The van der Waals surface area contributed by atoms with Gasteiger partial charge >= 0.3 is 0 Å². The van der Waals surface area contributed by atoms with Gasteiger partial charge in [-0.05, 0) is 54.1 Å². The van der Waals surface area contributed by atoms with Crippen LogP contribution in [0.5, 0.6) is 0 Å². The summed E-state index contributed by atoms with van der Waals surface area (Å²) >= 11 is 0. The number of aliphatic hydroxyl groups excluding tert-OH is 1. The number of nitrogens with zero attached hydrogens (tertiary/aromatic N) is 2. The molecule has 1 atom stereocenters. The Morgan fingerprint density at radius 3 is 2.59 bits per heavy atom. The quantitative estimate of drug-likeness (QED) is 0.441. The predicted octanol–water partition coefficient (Wildman–Crippen LogP) is 3.96. The molecule has 182 valence electrons. The maximum absolute atomic E-state index is 14.6. The number of hydrogen-bond donors (Lipinski definition) is 3. The highest BCUT2D eigenvalue weighted by Gasteiger charge is 2.32. The van der Waals surface area contributed by atoms with E-state index in [1.54, 1.807) is 6.20 Å². The first kappa shape index (κ1) is 25.5. The van der Waals surface area contributed by atoms with Crippen LogP contribution in [-0.2, 0) is 17.8 Å². The van der Waals surface area contributed by atoms with E-state index in [0.717, 1.165) is 42.2 Å². The smallest absolute Gasteiger partial charge is 0.246 e. The highest BCUT2D eigenvalue weighted by atomic mass is 19.1. The van der Waals surface area contributed by atoms with E-state index >= 15 is 0 Å². The van der Waals surface area contributed by atoms with Gasteiger partial charge in [0, 0.05) is 18.3 Å². The Hall–Kier alpha value is -3.10. The standard InChI is InChI=1S/C26H32F2N4O2/c1-26(2,3)24(31-23(34)16-33)25-30-22(20-13-19(27)9-10-21(20)28)15-32(25)14-18-7-4-6-17(12-18)8-5-11-29/h4,6-7,9-10,12-13,15,24,33H,5,8,11,14,16,29H2,1-3H3,(H,31,34)/t24-/m0/s1. The molecule has 0 unspecified atom stereocenters. The summed E-state index contributed by atoms with van der Waals surface area (Å²) < 4.78 is 30.3. The largest absolute Gasteiger partial charge is 0.387 e. The van der Waals surface area contributed by atoms with Crippen molar-refractivity contribution in [2.24, 2.45) is 11.1 Å². The monoisotopic (exact) mass is 470 g/mol. The number of aryl methyl sites for hydroxylation is 1. The van der Waals surface area contributed by atoms with Gasteiger partial charge in [-0.25, -0.2) is 13.8 Å². The zero-order chi connectivity index (χ0) is 24.9. The number of carbonyl (C=O) groups excluding carboxylic acids is 1. The molecule has 1 heterocycles. The number of carbonyl (C=O) groups is 1. The Labute approximate surface area is 198 Å². The molecule has 0 radical (unpaired) electrons. The normalized spacial score (nSPS) is 12.6. The number of nitrogens with one attached hydrogen (secondary N) is 1. The SMILES string of the molecule is CC(C)(C)[C@@H](NC(=O)CO)c1nc(-c2cc(F)ccc2F)cn1Cc1cccc(CCCN)c1.